The highest BCUT2D eigenvalue weighted by atomic mass is 19.1. The number of hydrogen-bond acceptors (Lipinski definition) is 2. The number of halogens is 3. The molecule has 0 saturated heterocycles. The monoisotopic (exact) mass is 322 g/mol. The van der Waals surface area contributed by atoms with Crippen molar-refractivity contribution >= 4 is 11.8 Å². The van der Waals surface area contributed by atoms with E-state index in [-0.39, 0.29) is 24.2 Å². The van der Waals surface area contributed by atoms with E-state index in [0.29, 0.717) is 6.07 Å². The third-order valence-corrected chi connectivity index (χ3v) is 2.99. The molecule has 120 valence electrons. The predicted octanol–water partition coefficient (Wildman–Crippen LogP) is 2.26. The molecule has 0 unspecified atom stereocenters. The van der Waals surface area contributed by atoms with Crippen molar-refractivity contribution in [3.8, 4) is 0 Å². The van der Waals surface area contributed by atoms with Crippen LogP contribution in [0.4, 0.5) is 13.2 Å². The highest BCUT2D eigenvalue weighted by Gasteiger charge is 2.13. The minimum atomic E-state index is -0.974. The van der Waals surface area contributed by atoms with Crippen LogP contribution in [0, 0.1) is 17.5 Å². The molecule has 0 saturated carbocycles. The summed E-state index contributed by atoms with van der Waals surface area (Å²) in [5.74, 6) is -3.76. The van der Waals surface area contributed by atoms with Crippen LogP contribution in [-0.2, 0) is 0 Å². The van der Waals surface area contributed by atoms with Crippen molar-refractivity contribution in [1.29, 1.82) is 0 Å². The number of rotatable bonds is 5. The molecule has 0 radical (unpaired) electrons. The van der Waals surface area contributed by atoms with E-state index in [1.54, 1.807) is 0 Å². The first-order valence-electron chi connectivity index (χ1n) is 6.75. The zero-order chi connectivity index (χ0) is 16.8. The van der Waals surface area contributed by atoms with Crippen molar-refractivity contribution in [3.63, 3.8) is 0 Å². The van der Waals surface area contributed by atoms with Crippen molar-refractivity contribution in [2.24, 2.45) is 0 Å². The molecule has 7 heteroatoms. The average Bonchev–Trinajstić information content (AvgIpc) is 2.51. The van der Waals surface area contributed by atoms with E-state index in [0.717, 1.165) is 18.2 Å². The van der Waals surface area contributed by atoms with Gasteiger partial charge < -0.3 is 10.6 Å². The Kier molecular flexibility index (Phi) is 5.35. The maximum atomic E-state index is 13.4. The summed E-state index contributed by atoms with van der Waals surface area (Å²) >= 11 is 0. The lowest BCUT2D eigenvalue weighted by molar-refractivity contribution is 0.0923. The van der Waals surface area contributed by atoms with Gasteiger partial charge in [0.15, 0.2) is 0 Å². The summed E-state index contributed by atoms with van der Waals surface area (Å²) in [5, 5.41) is 4.79. The fourth-order valence-electron chi connectivity index (χ4n) is 1.86. The Balaban J connectivity index is 1.82. The lowest BCUT2D eigenvalue weighted by atomic mass is 10.2. The van der Waals surface area contributed by atoms with E-state index in [4.69, 9.17) is 0 Å². The Bertz CT molecular complexity index is 735. The molecule has 2 N–H and O–H groups in total. The Morgan fingerprint density at radius 1 is 0.783 bits per heavy atom. The van der Waals surface area contributed by atoms with E-state index in [1.807, 2.05) is 0 Å². The predicted molar refractivity (Wildman–Crippen MR) is 77.4 cm³/mol. The molecule has 2 amide bonds. The topological polar surface area (TPSA) is 58.2 Å². The quantitative estimate of drug-likeness (QED) is 0.830. The van der Waals surface area contributed by atoms with Crippen LogP contribution in [0.15, 0.2) is 42.5 Å². The molecule has 23 heavy (non-hydrogen) atoms. The van der Waals surface area contributed by atoms with Crippen LogP contribution in [0.1, 0.15) is 20.7 Å². The number of carbonyl (C=O) groups is 2. The first-order chi connectivity index (χ1) is 11.0. The lowest BCUT2D eigenvalue weighted by Gasteiger charge is -2.08. The van der Waals surface area contributed by atoms with Gasteiger partial charge in [0.2, 0.25) is 0 Å². The summed E-state index contributed by atoms with van der Waals surface area (Å²) in [6.45, 7) is 0.0392. The summed E-state index contributed by atoms with van der Waals surface area (Å²) in [4.78, 5) is 23.4. The number of amides is 2. The van der Waals surface area contributed by atoms with Crippen molar-refractivity contribution in [1.82, 2.24) is 10.6 Å². The van der Waals surface area contributed by atoms with Crippen LogP contribution in [0.5, 0.6) is 0 Å². The van der Waals surface area contributed by atoms with Crippen LogP contribution in [-0.4, -0.2) is 24.9 Å². The normalized spacial score (nSPS) is 10.2. The van der Waals surface area contributed by atoms with Crippen molar-refractivity contribution in [2.75, 3.05) is 13.1 Å². The lowest BCUT2D eigenvalue weighted by Crippen LogP contribution is -2.35. The molecule has 0 spiro atoms. The summed E-state index contributed by atoms with van der Waals surface area (Å²) < 4.78 is 39.5. The summed E-state index contributed by atoms with van der Waals surface area (Å²) in [6, 6.07) is 8.08. The second-order valence-corrected chi connectivity index (χ2v) is 4.62. The van der Waals surface area contributed by atoms with Gasteiger partial charge in [-0.1, -0.05) is 12.1 Å². The number of hydrogen-bond donors (Lipinski definition) is 2. The van der Waals surface area contributed by atoms with Crippen molar-refractivity contribution in [2.45, 2.75) is 0 Å². The van der Waals surface area contributed by atoms with Crippen LogP contribution in [0.3, 0.4) is 0 Å². The second kappa shape index (κ2) is 7.44. The van der Waals surface area contributed by atoms with Crippen molar-refractivity contribution in [3.05, 3.63) is 71.0 Å². The molecule has 4 nitrogen and oxygen atoms in total. The molecule has 0 aliphatic heterocycles. The molecule has 2 aromatic rings. The van der Waals surface area contributed by atoms with Crippen LogP contribution in [0.2, 0.25) is 0 Å². The van der Waals surface area contributed by atoms with Gasteiger partial charge in [-0.2, -0.15) is 0 Å². The van der Waals surface area contributed by atoms with Gasteiger partial charge in [-0.3, -0.25) is 9.59 Å². The first-order valence-corrected chi connectivity index (χ1v) is 6.75. The van der Waals surface area contributed by atoms with Gasteiger partial charge >= 0.3 is 0 Å². The van der Waals surface area contributed by atoms with Gasteiger partial charge in [0, 0.05) is 19.2 Å². The zero-order valence-electron chi connectivity index (χ0n) is 11.9. The minimum Gasteiger partial charge on any atom is -0.350 e. The molecule has 0 aromatic heterocycles. The van der Waals surface area contributed by atoms with Gasteiger partial charge in [-0.25, -0.2) is 13.2 Å². The third-order valence-electron chi connectivity index (χ3n) is 2.99. The van der Waals surface area contributed by atoms with Gasteiger partial charge in [-0.05, 0) is 24.3 Å². The highest BCUT2D eigenvalue weighted by molar-refractivity contribution is 5.95. The van der Waals surface area contributed by atoms with E-state index in [2.05, 4.69) is 10.6 Å². The molecular formula is C16H13F3N2O2. The maximum Gasteiger partial charge on any atom is 0.254 e. The number of carbonyl (C=O) groups excluding carboxylic acids is 2. The van der Waals surface area contributed by atoms with E-state index in [9.17, 15) is 22.8 Å². The van der Waals surface area contributed by atoms with Crippen LogP contribution in [0.25, 0.3) is 0 Å². The molecule has 0 atom stereocenters. The van der Waals surface area contributed by atoms with E-state index < -0.39 is 29.3 Å². The van der Waals surface area contributed by atoms with Crippen LogP contribution < -0.4 is 10.6 Å². The second-order valence-electron chi connectivity index (χ2n) is 4.62. The number of nitrogens with one attached hydrogen (secondary N) is 2. The van der Waals surface area contributed by atoms with Gasteiger partial charge in [0.25, 0.3) is 11.8 Å². The molecular weight excluding hydrogens is 309 g/mol. The summed E-state index contributed by atoms with van der Waals surface area (Å²) in [7, 11) is 0. The SMILES string of the molecule is O=C(NCCNC(=O)c1ccc(F)cc1F)c1ccccc1F. The minimum absolute atomic E-state index is 0.00976. The molecule has 0 fully saturated rings. The molecule has 0 bridgehead atoms. The maximum absolute atomic E-state index is 13.4. The molecule has 0 aliphatic rings. The standard InChI is InChI=1S/C16H13F3N2O2/c17-10-5-6-12(14(19)9-10)16(23)21-8-7-20-15(22)11-3-1-2-4-13(11)18/h1-6,9H,7-8H2,(H,20,22)(H,21,23). The fourth-order valence-corrected chi connectivity index (χ4v) is 1.86. The number of benzene rings is 2. The highest BCUT2D eigenvalue weighted by Crippen LogP contribution is 2.09. The summed E-state index contributed by atoms with van der Waals surface area (Å²) in [6.07, 6.45) is 0. The van der Waals surface area contributed by atoms with Gasteiger partial charge in [0.1, 0.15) is 17.5 Å². The Morgan fingerprint density at radius 3 is 1.91 bits per heavy atom. The molecule has 2 aromatic carbocycles. The van der Waals surface area contributed by atoms with Gasteiger partial charge in [0.05, 0.1) is 11.1 Å². The fraction of sp³-hybridized carbons (Fsp3) is 0.125. The largest absolute Gasteiger partial charge is 0.350 e. The summed E-state index contributed by atoms with van der Waals surface area (Å²) in [5.41, 5.74) is -0.407. The molecule has 0 heterocycles. The van der Waals surface area contributed by atoms with Crippen molar-refractivity contribution < 1.29 is 22.8 Å². The van der Waals surface area contributed by atoms with E-state index in [1.165, 1.54) is 18.2 Å². The third kappa shape index (κ3) is 4.32. The Labute approximate surface area is 130 Å². The first kappa shape index (κ1) is 16.5. The van der Waals surface area contributed by atoms with Crippen LogP contribution >= 0.6 is 0 Å². The molecule has 2 rings (SSSR count). The smallest absolute Gasteiger partial charge is 0.254 e. The molecule has 0 aliphatic carbocycles. The average molecular weight is 322 g/mol. The Morgan fingerprint density at radius 2 is 1.35 bits per heavy atom. The zero-order valence-corrected chi connectivity index (χ0v) is 11.9. The van der Waals surface area contributed by atoms with Gasteiger partial charge in [-0.15, -0.1) is 0 Å². The Hall–Kier alpha value is -2.83. The van der Waals surface area contributed by atoms with E-state index >= 15 is 0 Å².